The van der Waals surface area contributed by atoms with E-state index in [1.54, 1.807) is 0 Å². The van der Waals surface area contributed by atoms with Gasteiger partial charge in [0.1, 0.15) is 48.7 Å². The van der Waals surface area contributed by atoms with Crippen LogP contribution < -0.4 is 10.6 Å². The minimum atomic E-state index is -1.64. The summed E-state index contributed by atoms with van der Waals surface area (Å²) in [6, 6.07) is -2.46. The second-order valence-corrected chi connectivity index (χ2v) is 7.04. The van der Waals surface area contributed by atoms with Crippen LogP contribution in [0.1, 0.15) is 13.8 Å². The van der Waals surface area contributed by atoms with Crippen LogP contribution in [0.15, 0.2) is 0 Å². The van der Waals surface area contributed by atoms with Crippen LogP contribution in [0.2, 0.25) is 0 Å². The molecule has 13 heteroatoms. The Labute approximate surface area is 166 Å². The Hall–Kier alpha value is -1.42. The van der Waals surface area contributed by atoms with Crippen LogP contribution in [0.25, 0.3) is 0 Å². The molecule has 2 amide bonds. The smallest absolute Gasteiger partial charge is 0.217 e. The molecule has 0 aromatic rings. The van der Waals surface area contributed by atoms with Gasteiger partial charge in [-0.05, 0) is 0 Å². The maximum atomic E-state index is 11.4. The first-order valence-corrected chi connectivity index (χ1v) is 9.04. The number of hydrogen-bond acceptors (Lipinski definition) is 11. The Bertz CT molecular complexity index is 579. The number of carbonyl (C=O) groups excluding carboxylic acids is 2. The highest BCUT2D eigenvalue weighted by Crippen LogP contribution is 2.25. The molecular formula is C16H28N2O11. The summed E-state index contributed by atoms with van der Waals surface area (Å²) in [5, 5.41) is 64.4. The van der Waals surface area contributed by atoms with Crippen molar-refractivity contribution in [3.8, 4) is 0 Å². The first-order valence-electron chi connectivity index (χ1n) is 9.04. The molecule has 29 heavy (non-hydrogen) atoms. The van der Waals surface area contributed by atoms with Gasteiger partial charge < -0.3 is 55.5 Å². The van der Waals surface area contributed by atoms with Crippen LogP contribution in [0.4, 0.5) is 0 Å². The molecule has 2 fully saturated rings. The number of nitrogens with one attached hydrogen (secondary N) is 2. The maximum absolute atomic E-state index is 11.4. The highest BCUT2D eigenvalue weighted by Gasteiger charge is 2.48. The lowest BCUT2D eigenvalue weighted by atomic mass is 9.96. The number of hydrogen-bond donors (Lipinski definition) is 8. The fourth-order valence-electron chi connectivity index (χ4n) is 3.28. The quantitative estimate of drug-likeness (QED) is 0.202. The largest absolute Gasteiger partial charge is 0.394 e. The summed E-state index contributed by atoms with van der Waals surface area (Å²) in [6.45, 7) is 1.26. The third kappa shape index (κ3) is 5.59. The second-order valence-electron chi connectivity index (χ2n) is 7.04. The van der Waals surface area contributed by atoms with E-state index in [2.05, 4.69) is 10.6 Å². The molecule has 0 radical (unpaired) electrons. The van der Waals surface area contributed by atoms with E-state index in [0.29, 0.717) is 0 Å². The predicted molar refractivity (Wildman–Crippen MR) is 91.8 cm³/mol. The lowest BCUT2D eigenvalue weighted by molar-refractivity contribution is -0.297. The van der Waals surface area contributed by atoms with E-state index >= 15 is 0 Å². The summed E-state index contributed by atoms with van der Waals surface area (Å²) in [5.74, 6) is -1.09. The van der Waals surface area contributed by atoms with Crippen molar-refractivity contribution >= 4 is 11.8 Å². The van der Waals surface area contributed by atoms with Gasteiger partial charge in [0.25, 0.3) is 0 Å². The second kappa shape index (κ2) is 10.1. The van der Waals surface area contributed by atoms with Gasteiger partial charge in [-0.15, -0.1) is 0 Å². The lowest BCUT2D eigenvalue weighted by Gasteiger charge is -2.44. The molecule has 0 bridgehead atoms. The number of carbonyl (C=O) groups is 2. The van der Waals surface area contributed by atoms with Gasteiger partial charge in [-0.25, -0.2) is 0 Å². The summed E-state index contributed by atoms with van der Waals surface area (Å²) >= 11 is 0. The zero-order valence-corrected chi connectivity index (χ0v) is 15.9. The van der Waals surface area contributed by atoms with E-state index < -0.39 is 86.3 Å². The van der Waals surface area contributed by atoms with E-state index in [1.807, 2.05) is 0 Å². The molecule has 0 aromatic heterocycles. The van der Waals surface area contributed by atoms with Crippen molar-refractivity contribution in [3.05, 3.63) is 0 Å². The lowest BCUT2D eigenvalue weighted by Crippen LogP contribution is -2.66. The van der Waals surface area contributed by atoms with Crippen molar-refractivity contribution in [2.75, 3.05) is 13.2 Å². The van der Waals surface area contributed by atoms with Gasteiger partial charge in [-0.1, -0.05) is 0 Å². The summed E-state index contributed by atoms with van der Waals surface area (Å²) in [5.41, 5.74) is 0. The molecule has 168 valence electrons. The standard InChI is InChI=1S/C16H28N2O11/c1-5(20)17-9-13(24)12(23)8(28-15(9)26)4-27-16-10(18-6(2)21)14(25)11(22)7(3-19)29-16/h7-16,19,22-26H,3-4H2,1-2H3,(H,17,20)(H,18,21)/t7-,8-,9-,10-,11+,12-,13-,14-,15-,16+/m1/s1. The third-order valence-electron chi connectivity index (χ3n) is 4.77. The summed E-state index contributed by atoms with van der Waals surface area (Å²) in [4.78, 5) is 22.6. The molecule has 13 nitrogen and oxygen atoms in total. The number of ether oxygens (including phenoxy) is 3. The zero-order valence-electron chi connectivity index (χ0n) is 15.9. The van der Waals surface area contributed by atoms with Crippen molar-refractivity contribution in [3.63, 3.8) is 0 Å². The van der Waals surface area contributed by atoms with Crippen molar-refractivity contribution in [2.45, 2.75) is 75.1 Å². The van der Waals surface area contributed by atoms with Gasteiger partial charge in [0.15, 0.2) is 12.6 Å². The Morgan fingerprint density at radius 3 is 1.90 bits per heavy atom. The van der Waals surface area contributed by atoms with Gasteiger partial charge in [0, 0.05) is 13.8 Å². The van der Waals surface area contributed by atoms with Crippen LogP contribution in [0, 0.1) is 0 Å². The predicted octanol–water partition coefficient (Wildman–Crippen LogP) is -5.11. The van der Waals surface area contributed by atoms with Crippen LogP contribution in [0.5, 0.6) is 0 Å². The van der Waals surface area contributed by atoms with Crippen molar-refractivity contribution < 1.29 is 54.4 Å². The Morgan fingerprint density at radius 2 is 1.34 bits per heavy atom. The van der Waals surface area contributed by atoms with Gasteiger partial charge in [0.05, 0.1) is 13.2 Å². The van der Waals surface area contributed by atoms with Crippen LogP contribution in [-0.4, -0.2) is 117 Å². The molecule has 0 spiro atoms. The molecule has 0 unspecified atom stereocenters. The average molecular weight is 424 g/mol. The third-order valence-corrected chi connectivity index (χ3v) is 4.77. The molecule has 2 aliphatic heterocycles. The minimum absolute atomic E-state index is 0.455. The summed E-state index contributed by atoms with van der Waals surface area (Å²) < 4.78 is 16.0. The normalized spacial score (nSPS) is 42.9. The van der Waals surface area contributed by atoms with Gasteiger partial charge in [-0.3, -0.25) is 9.59 Å². The Morgan fingerprint density at radius 1 is 0.828 bits per heavy atom. The molecular weight excluding hydrogens is 396 g/mol. The summed E-state index contributed by atoms with van der Waals surface area (Å²) in [7, 11) is 0. The zero-order chi connectivity index (χ0) is 21.9. The highest BCUT2D eigenvalue weighted by atomic mass is 16.7. The van der Waals surface area contributed by atoms with E-state index in [9.17, 15) is 40.2 Å². The first kappa shape index (κ1) is 23.9. The van der Waals surface area contributed by atoms with E-state index in [-0.39, 0.29) is 0 Å². The van der Waals surface area contributed by atoms with E-state index in [4.69, 9.17) is 14.2 Å². The van der Waals surface area contributed by atoms with Crippen LogP contribution in [0.3, 0.4) is 0 Å². The van der Waals surface area contributed by atoms with Gasteiger partial charge >= 0.3 is 0 Å². The highest BCUT2D eigenvalue weighted by molar-refractivity contribution is 5.73. The van der Waals surface area contributed by atoms with Crippen LogP contribution >= 0.6 is 0 Å². The number of amides is 2. The monoisotopic (exact) mass is 424 g/mol. The van der Waals surface area contributed by atoms with E-state index in [0.717, 1.165) is 0 Å². The molecule has 0 aromatic carbocycles. The molecule has 0 saturated carbocycles. The summed E-state index contributed by atoms with van der Waals surface area (Å²) in [6.07, 6.45) is -11.5. The number of rotatable bonds is 6. The van der Waals surface area contributed by atoms with Crippen molar-refractivity contribution in [1.29, 1.82) is 0 Å². The van der Waals surface area contributed by atoms with Crippen LogP contribution in [-0.2, 0) is 23.8 Å². The van der Waals surface area contributed by atoms with Crippen molar-refractivity contribution in [2.24, 2.45) is 0 Å². The number of aliphatic hydroxyl groups is 6. The molecule has 2 saturated heterocycles. The Balaban J connectivity index is 2.05. The Kier molecular flexibility index (Phi) is 8.28. The minimum Gasteiger partial charge on any atom is -0.394 e. The molecule has 10 atom stereocenters. The van der Waals surface area contributed by atoms with E-state index in [1.165, 1.54) is 13.8 Å². The topological polar surface area (TPSA) is 207 Å². The first-order chi connectivity index (χ1) is 13.6. The van der Waals surface area contributed by atoms with Gasteiger partial charge in [-0.2, -0.15) is 0 Å². The molecule has 8 N–H and O–H groups in total. The van der Waals surface area contributed by atoms with Crippen molar-refractivity contribution in [1.82, 2.24) is 10.6 Å². The van der Waals surface area contributed by atoms with Gasteiger partial charge in [0.2, 0.25) is 11.8 Å². The molecule has 2 heterocycles. The molecule has 2 aliphatic rings. The fourth-order valence-corrected chi connectivity index (χ4v) is 3.28. The maximum Gasteiger partial charge on any atom is 0.217 e. The number of aliphatic hydroxyl groups excluding tert-OH is 6. The fraction of sp³-hybridized carbons (Fsp3) is 0.875. The molecule has 0 aliphatic carbocycles. The average Bonchev–Trinajstić information content (AvgIpc) is 2.65. The molecule has 2 rings (SSSR count). The SMILES string of the molecule is CC(=O)N[C@@H]1[C@@H](O)[C@H](O)[C@@H](CO[C@H]2O[C@H](CO)[C@H](O)[C@H](O)[C@H]2NC(C)=O)O[C@H]1O.